The zero-order chi connectivity index (χ0) is 15.4. The normalized spacial score (nSPS) is 15.2. The highest BCUT2D eigenvalue weighted by Gasteiger charge is 2.21. The van der Waals surface area contributed by atoms with Gasteiger partial charge in [0.15, 0.2) is 0 Å². The molecule has 0 atom stereocenters. The largest absolute Gasteiger partial charge is 0.336 e. The van der Waals surface area contributed by atoms with E-state index in [9.17, 15) is 9.59 Å². The number of benzene rings is 1. The standard InChI is InChI=1S/C16H23N3O2/c1-11(2)17-16(21)18-13-7-8-14(12(3)10-13)19-9-5-4-6-15(19)20/h7-8,10-11H,4-6,9H2,1-3H3,(H2,17,18,21). The van der Waals surface area contributed by atoms with Crippen LogP contribution in [0, 0.1) is 6.92 Å². The van der Waals surface area contributed by atoms with Crippen molar-refractivity contribution in [2.75, 3.05) is 16.8 Å². The monoisotopic (exact) mass is 289 g/mol. The number of urea groups is 1. The van der Waals surface area contributed by atoms with E-state index >= 15 is 0 Å². The van der Waals surface area contributed by atoms with Gasteiger partial charge in [0.25, 0.3) is 0 Å². The molecule has 21 heavy (non-hydrogen) atoms. The topological polar surface area (TPSA) is 61.4 Å². The van der Waals surface area contributed by atoms with Gasteiger partial charge in [0.05, 0.1) is 0 Å². The molecule has 0 bridgehead atoms. The van der Waals surface area contributed by atoms with Crippen molar-refractivity contribution in [3.8, 4) is 0 Å². The van der Waals surface area contributed by atoms with E-state index in [1.807, 2.05) is 43.9 Å². The Morgan fingerprint density at radius 2 is 2.05 bits per heavy atom. The summed E-state index contributed by atoms with van der Waals surface area (Å²) in [6, 6.07) is 5.52. The summed E-state index contributed by atoms with van der Waals surface area (Å²) in [5.41, 5.74) is 2.67. The van der Waals surface area contributed by atoms with E-state index in [-0.39, 0.29) is 18.0 Å². The van der Waals surface area contributed by atoms with Crippen molar-refractivity contribution < 1.29 is 9.59 Å². The Morgan fingerprint density at radius 1 is 1.29 bits per heavy atom. The maximum absolute atomic E-state index is 12.0. The molecule has 5 heteroatoms. The number of aryl methyl sites for hydroxylation is 1. The number of hydrogen-bond donors (Lipinski definition) is 2. The molecule has 3 amide bonds. The number of hydrogen-bond acceptors (Lipinski definition) is 2. The van der Waals surface area contributed by atoms with Gasteiger partial charge in [-0.1, -0.05) is 0 Å². The predicted octanol–water partition coefficient (Wildman–Crippen LogP) is 3.04. The maximum Gasteiger partial charge on any atom is 0.319 e. The van der Waals surface area contributed by atoms with Crippen molar-refractivity contribution in [2.45, 2.75) is 46.1 Å². The van der Waals surface area contributed by atoms with Crippen molar-refractivity contribution in [1.29, 1.82) is 0 Å². The van der Waals surface area contributed by atoms with E-state index in [2.05, 4.69) is 10.6 Å². The lowest BCUT2D eigenvalue weighted by atomic mass is 10.1. The van der Waals surface area contributed by atoms with Crippen LogP contribution in [0.4, 0.5) is 16.2 Å². The van der Waals surface area contributed by atoms with Crippen LogP contribution < -0.4 is 15.5 Å². The molecule has 0 radical (unpaired) electrons. The van der Waals surface area contributed by atoms with Crippen molar-refractivity contribution in [3.05, 3.63) is 23.8 Å². The highest BCUT2D eigenvalue weighted by Crippen LogP contribution is 2.27. The van der Waals surface area contributed by atoms with Crippen LogP contribution >= 0.6 is 0 Å². The third-order valence-corrected chi connectivity index (χ3v) is 3.49. The third-order valence-electron chi connectivity index (χ3n) is 3.49. The van der Waals surface area contributed by atoms with Crippen LogP contribution in [-0.4, -0.2) is 24.5 Å². The highest BCUT2D eigenvalue weighted by atomic mass is 16.2. The molecule has 0 spiro atoms. The first kappa shape index (κ1) is 15.4. The molecule has 114 valence electrons. The number of carbonyl (C=O) groups excluding carboxylic acids is 2. The average molecular weight is 289 g/mol. The number of rotatable bonds is 3. The Labute approximate surface area is 125 Å². The van der Waals surface area contributed by atoms with Gasteiger partial charge < -0.3 is 15.5 Å². The first-order valence-corrected chi connectivity index (χ1v) is 7.46. The molecule has 1 aliphatic heterocycles. The van der Waals surface area contributed by atoms with Gasteiger partial charge in [0, 0.05) is 30.4 Å². The Kier molecular flexibility index (Phi) is 4.83. The molecule has 2 rings (SSSR count). The third kappa shape index (κ3) is 3.97. The van der Waals surface area contributed by atoms with E-state index in [0.29, 0.717) is 6.42 Å². The van der Waals surface area contributed by atoms with E-state index < -0.39 is 0 Å². The number of nitrogens with one attached hydrogen (secondary N) is 2. The zero-order valence-electron chi connectivity index (χ0n) is 12.9. The van der Waals surface area contributed by atoms with Gasteiger partial charge in [-0.25, -0.2) is 4.79 Å². The summed E-state index contributed by atoms with van der Waals surface area (Å²) in [7, 11) is 0. The Hall–Kier alpha value is -2.04. The average Bonchev–Trinajstić information content (AvgIpc) is 2.39. The van der Waals surface area contributed by atoms with Crippen LogP contribution in [0.15, 0.2) is 18.2 Å². The van der Waals surface area contributed by atoms with Gasteiger partial charge in [-0.3, -0.25) is 4.79 Å². The molecule has 1 fully saturated rings. The fourth-order valence-corrected chi connectivity index (χ4v) is 2.53. The van der Waals surface area contributed by atoms with Crippen molar-refractivity contribution in [3.63, 3.8) is 0 Å². The fourth-order valence-electron chi connectivity index (χ4n) is 2.53. The minimum Gasteiger partial charge on any atom is -0.336 e. The van der Waals surface area contributed by atoms with Gasteiger partial charge in [-0.05, 0) is 57.4 Å². The number of anilines is 2. The molecule has 2 N–H and O–H groups in total. The molecule has 0 unspecified atom stereocenters. The Bertz CT molecular complexity index is 540. The lowest BCUT2D eigenvalue weighted by molar-refractivity contribution is -0.119. The van der Waals surface area contributed by atoms with Gasteiger partial charge in [-0.2, -0.15) is 0 Å². The van der Waals surface area contributed by atoms with Crippen molar-refractivity contribution >= 4 is 23.3 Å². The molecular formula is C16H23N3O2. The molecule has 1 heterocycles. The van der Waals surface area contributed by atoms with Gasteiger partial charge in [0.2, 0.25) is 5.91 Å². The fraction of sp³-hybridized carbons (Fsp3) is 0.500. The molecular weight excluding hydrogens is 266 g/mol. The molecule has 1 aromatic rings. The molecule has 0 saturated carbocycles. The summed E-state index contributed by atoms with van der Waals surface area (Å²) in [6.07, 6.45) is 2.64. The van der Waals surface area contributed by atoms with Crippen LogP contribution in [-0.2, 0) is 4.79 Å². The second-order valence-electron chi connectivity index (χ2n) is 5.76. The van der Waals surface area contributed by atoms with Gasteiger partial charge in [0.1, 0.15) is 0 Å². The molecule has 0 aromatic heterocycles. The Balaban J connectivity index is 2.10. The lowest BCUT2D eigenvalue weighted by Crippen LogP contribution is -2.36. The van der Waals surface area contributed by atoms with E-state index in [1.54, 1.807) is 0 Å². The highest BCUT2D eigenvalue weighted by molar-refractivity contribution is 5.95. The number of amides is 3. The molecule has 1 aliphatic rings. The second kappa shape index (κ2) is 6.61. The van der Waals surface area contributed by atoms with Crippen molar-refractivity contribution in [2.24, 2.45) is 0 Å². The first-order chi connectivity index (χ1) is 9.97. The SMILES string of the molecule is Cc1cc(NC(=O)NC(C)C)ccc1N1CCCCC1=O. The summed E-state index contributed by atoms with van der Waals surface area (Å²) in [4.78, 5) is 25.5. The van der Waals surface area contributed by atoms with Crippen LogP contribution in [0.1, 0.15) is 38.7 Å². The first-order valence-electron chi connectivity index (χ1n) is 7.46. The Morgan fingerprint density at radius 3 is 2.67 bits per heavy atom. The number of piperidine rings is 1. The predicted molar refractivity (Wildman–Crippen MR) is 84.7 cm³/mol. The number of carbonyl (C=O) groups is 2. The smallest absolute Gasteiger partial charge is 0.319 e. The molecule has 1 aromatic carbocycles. The van der Waals surface area contributed by atoms with Gasteiger partial charge >= 0.3 is 6.03 Å². The minimum absolute atomic E-state index is 0.0938. The summed E-state index contributed by atoms with van der Waals surface area (Å²) < 4.78 is 0. The quantitative estimate of drug-likeness (QED) is 0.898. The van der Waals surface area contributed by atoms with E-state index in [0.717, 1.165) is 36.3 Å². The van der Waals surface area contributed by atoms with Crippen LogP contribution in [0.25, 0.3) is 0 Å². The minimum atomic E-state index is -0.216. The summed E-state index contributed by atoms with van der Waals surface area (Å²) in [5.74, 6) is 0.183. The van der Waals surface area contributed by atoms with Crippen LogP contribution in [0.3, 0.4) is 0 Å². The lowest BCUT2D eigenvalue weighted by Gasteiger charge is -2.28. The summed E-state index contributed by atoms with van der Waals surface area (Å²) >= 11 is 0. The summed E-state index contributed by atoms with van der Waals surface area (Å²) in [6.45, 7) is 6.56. The second-order valence-corrected chi connectivity index (χ2v) is 5.76. The molecule has 1 saturated heterocycles. The van der Waals surface area contributed by atoms with Crippen LogP contribution in [0.5, 0.6) is 0 Å². The maximum atomic E-state index is 12.0. The van der Waals surface area contributed by atoms with Gasteiger partial charge in [-0.15, -0.1) is 0 Å². The molecule has 0 aliphatic carbocycles. The van der Waals surface area contributed by atoms with E-state index in [1.165, 1.54) is 0 Å². The zero-order valence-corrected chi connectivity index (χ0v) is 12.9. The van der Waals surface area contributed by atoms with Crippen molar-refractivity contribution in [1.82, 2.24) is 5.32 Å². The molecule has 5 nitrogen and oxygen atoms in total. The van der Waals surface area contributed by atoms with E-state index in [4.69, 9.17) is 0 Å². The number of nitrogens with zero attached hydrogens (tertiary/aromatic N) is 1. The summed E-state index contributed by atoms with van der Waals surface area (Å²) in [5, 5.41) is 5.58. The van der Waals surface area contributed by atoms with Crippen LogP contribution in [0.2, 0.25) is 0 Å².